The van der Waals surface area contributed by atoms with Crippen molar-refractivity contribution in [2.24, 2.45) is 5.92 Å². The summed E-state index contributed by atoms with van der Waals surface area (Å²) in [6, 6.07) is 27.2. The summed E-state index contributed by atoms with van der Waals surface area (Å²) in [6.07, 6.45) is 4.35. The van der Waals surface area contributed by atoms with Crippen molar-refractivity contribution in [2.75, 3.05) is 35.2 Å². The molecule has 296 valence electrons. The molecule has 1 fully saturated rings. The van der Waals surface area contributed by atoms with Gasteiger partial charge >= 0.3 is 11.9 Å². The molecule has 1 unspecified atom stereocenters. The second-order valence-electron chi connectivity index (χ2n) is 13.5. The standard InChI is InChI=1S/C42H46I2N4O7S/c1-4-47(5-2)35-24-25-38(37(27-35)40(50)45-33-20-14-29(15-21-33)11-10-28-12-16-30(17-13-28)41(51)54-43)46-39(49)32-8-7-9-36(26-32)56(53)48(6-3)34-22-18-31(19-23-34)42(52)55-44/h7-9,12-17,20-21,24-27,31,34H,4-6,10-11,18-19,22-23H2,1-3H3,(H,45,50)(H,46,49). The molecule has 0 bridgehead atoms. The first-order chi connectivity index (χ1) is 27.1. The van der Waals surface area contributed by atoms with Gasteiger partial charge in [0.2, 0.25) is 0 Å². The van der Waals surface area contributed by atoms with Crippen LogP contribution in [0.25, 0.3) is 0 Å². The van der Waals surface area contributed by atoms with E-state index in [2.05, 4.69) is 15.5 Å². The molecule has 4 aromatic rings. The normalized spacial score (nSPS) is 15.8. The maximum absolute atomic E-state index is 13.9. The first-order valence-corrected chi connectivity index (χ1v) is 21.6. The van der Waals surface area contributed by atoms with Gasteiger partial charge in [0, 0.05) is 42.6 Å². The van der Waals surface area contributed by atoms with Crippen LogP contribution >= 0.6 is 46.0 Å². The number of hydrogen-bond donors (Lipinski definition) is 2. The number of carbonyl (C=O) groups excluding carboxylic acids is 4. The van der Waals surface area contributed by atoms with Gasteiger partial charge in [-0.25, -0.2) is 13.3 Å². The zero-order valence-corrected chi connectivity index (χ0v) is 36.7. The Morgan fingerprint density at radius 1 is 0.714 bits per heavy atom. The van der Waals surface area contributed by atoms with Gasteiger partial charge < -0.3 is 21.7 Å². The Morgan fingerprint density at radius 2 is 1.36 bits per heavy atom. The number of hydrogen-bond acceptors (Lipinski definition) is 8. The van der Waals surface area contributed by atoms with E-state index in [-0.39, 0.29) is 29.8 Å². The van der Waals surface area contributed by atoms with Gasteiger partial charge in [0.25, 0.3) is 11.8 Å². The van der Waals surface area contributed by atoms with E-state index in [9.17, 15) is 23.4 Å². The third-order valence-corrected chi connectivity index (χ3v) is 12.6. The van der Waals surface area contributed by atoms with Crippen molar-refractivity contribution < 1.29 is 29.5 Å². The molecule has 0 saturated heterocycles. The van der Waals surface area contributed by atoms with Crippen LogP contribution in [0.3, 0.4) is 0 Å². The van der Waals surface area contributed by atoms with Crippen LogP contribution in [0, 0.1) is 5.92 Å². The van der Waals surface area contributed by atoms with Gasteiger partial charge in [-0.05, 0) is 124 Å². The summed E-state index contributed by atoms with van der Waals surface area (Å²) < 4.78 is 25.4. The minimum absolute atomic E-state index is 0.0384. The van der Waals surface area contributed by atoms with Crippen LogP contribution in [0.2, 0.25) is 0 Å². The summed E-state index contributed by atoms with van der Waals surface area (Å²) in [7, 11) is -1.53. The number of nitrogens with one attached hydrogen (secondary N) is 2. The molecule has 0 radical (unpaired) electrons. The van der Waals surface area contributed by atoms with Crippen molar-refractivity contribution in [3.05, 3.63) is 119 Å². The van der Waals surface area contributed by atoms with E-state index in [0.29, 0.717) is 52.3 Å². The third kappa shape index (κ3) is 11.2. The molecular weight excluding hydrogens is 958 g/mol. The Kier molecular flexibility index (Phi) is 16.3. The first-order valence-electron chi connectivity index (χ1n) is 18.7. The monoisotopic (exact) mass is 1000 g/mol. The average Bonchev–Trinajstić information content (AvgIpc) is 3.24. The number of rotatable bonds is 16. The van der Waals surface area contributed by atoms with Gasteiger partial charge in [0.05, 0.1) is 27.6 Å². The molecule has 14 heteroatoms. The lowest BCUT2D eigenvalue weighted by Gasteiger charge is -2.34. The fourth-order valence-corrected chi connectivity index (χ4v) is 8.98. The topological polar surface area (TPSA) is 134 Å². The molecule has 1 saturated carbocycles. The van der Waals surface area contributed by atoms with E-state index in [1.165, 1.54) is 0 Å². The zero-order valence-electron chi connectivity index (χ0n) is 31.6. The van der Waals surface area contributed by atoms with E-state index in [4.69, 9.17) is 6.13 Å². The van der Waals surface area contributed by atoms with E-state index >= 15 is 0 Å². The molecule has 56 heavy (non-hydrogen) atoms. The zero-order chi connectivity index (χ0) is 40.2. The van der Waals surface area contributed by atoms with Crippen molar-refractivity contribution in [1.29, 1.82) is 0 Å². The van der Waals surface area contributed by atoms with Crippen molar-refractivity contribution >= 4 is 97.8 Å². The number of carbonyl (C=O) groups is 4. The summed E-state index contributed by atoms with van der Waals surface area (Å²) in [5.74, 6) is -1.53. The molecule has 5 rings (SSSR count). The Bertz CT molecular complexity index is 2020. The Labute approximate surface area is 359 Å². The second-order valence-corrected chi connectivity index (χ2v) is 15.8. The van der Waals surface area contributed by atoms with Gasteiger partial charge in [-0.2, -0.15) is 0 Å². The summed E-state index contributed by atoms with van der Waals surface area (Å²) >= 11 is 3.20. The number of benzene rings is 4. The van der Waals surface area contributed by atoms with E-state index in [1.54, 1.807) is 94.5 Å². The lowest BCUT2D eigenvalue weighted by Crippen LogP contribution is -2.40. The van der Waals surface area contributed by atoms with Crippen LogP contribution in [-0.2, 0) is 34.8 Å². The summed E-state index contributed by atoms with van der Waals surface area (Å²) in [5, 5.41) is 5.94. The van der Waals surface area contributed by atoms with Crippen molar-refractivity contribution in [2.45, 2.75) is 70.2 Å². The van der Waals surface area contributed by atoms with Crippen molar-refractivity contribution in [1.82, 2.24) is 4.31 Å². The number of anilines is 3. The minimum atomic E-state index is -1.53. The highest BCUT2D eigenvalue weighted by Gasteiger charge is 2.32. The SMILES string of the molecule is CCN(CC)c1ccc(NC(=O)c2cccc(S(=O)N(CC)C3CCC(C(=O)OI)CC3)c2)c(C(=O)Nc2ccc(CCc3ccc(C(=O)OI)cc3)cc2)c1. The van der Waals surface area contributed by atoms with Crippen LogP contribution in [0.1, 0.15) is 88.7 Å². The highest BCUT2D eigenvalue weighted by atomic mass is 127. The Hall–Kier alpha value is -3.87. The predicted octanol–water partition coefficient (Wildman–Crippen LogP) is 9.13. The summed E-state index contributed by atoms with van der Waals surface area (Å²) in [5.41, 5.74) is 5.11. The van der Waals surface area contributed by atoms with Crippen LogP contribution in [-0.4, -0.2) is 57.9 Å². The molecule has 1 aliphatic carbocycles. The quantitative estimate of drug-likeness (QED) is 0.106. The lowest BCUT2D eigenvalue weighted by molar-refractivity contribution is -0.137. The fraction of sp³-hybridized carbons (Fsp3) is 0.333. The maximum atomic E-state index is 13.9. The molecule has 1 aliphatic rings. The summed E-state index contributed by atoms with van der Waals surface area (Å²) in [6.45, 7) is 8.07. The Morgan fingerprint density at radius 3 is 1.95 bits per heavy atom. The number of amides is 2. The number of halogens is 2. The third-order valence-electron chi connectivity index (χ3n) is 10.1. The highest BCUT2D eigenvalue weighted by Crippen LogP contribution is 2.31. The molecule has 0 heterocycles. The molecular formula is C42H46I2N4O7S. The second kappa shape index (κ2) is 21.0. The predicted molar refractivity (Wildman–Crippen MR) is 237 cm³/mol. The first kappa shape index (κ1) is 43.3. The van der Waals surface area contributed by atoms with E-state index < -0.39 is 16.9 Å². The molecule has 0 aromatic heterocycles. The number of aryl methyl sites for hydroxylation is 2. The molecule has 2 amide bonds. The van der Waals surface area contributed by atoms with E-state index in [0.717, 1.165) is 55.6 Å². The summed E-state index contributed by atoms with van der Waals surface area (Å²) in [4.78, 5) is 54.0. The van der Waals surface area contributed by atoms with Crippen LogP contribution < -0.4 is 15.5 Å². The largest absolute Gasteiger partial charge is 0.394 e. The molecule has 0 spiro atoms. The maximum Gasteiger partial charge on any atom is 0.347 e. The minimum Gasteiger partial charge on any atom is -0.394 e. The van der Waals surface area contributed by atoms with Gasteiger partial charge in [0.15, 0.2) is 46.0 Å². The Balaban J connectivity index is 1.28. The lowest BCUT2D eigenvalue weighted by atomic mass is 9.86. The molecule has 4 aromatic carbocycles. The fourth-order valence-electron chi connectivity index (χ4n) is 6.96. The van der Waals surface area contributed by atoms with Gasteiger partial charge in [0.1, 0.15) is 11.0 Å². The highest BCUT2D eigenvalue weighted by molar-refractivity contribution is 14.1. The van der Waals surface area contributed by atoms with Crippen LogP contribution in [0.15, 0.2) is 95.9 Å². The van der Waals surface area contributed by atoms with Gasteiger partial charge in [-0.1, -0.05) is 37.3 Å². The molecule has 11 nitrogen and oxygen atoms in total. The van der Waals surface area contributed by atoms with Crippen molar-refractivity contribution in [3.8, 4) is 0 Å². The van der Waals surface area contributed by atoms with Gasteiger partial charge in [-0.15, -0.1) is 0 Å². The smallest absolute Gasteiger partial charge is 0.347 e. The van der Waals surface area contributed by atoms with Crippen LogP contribution in [0.5, 0.6) is 0 Å². The van der Waals surface area contributed by atoms with E-state index in [1.807, 2.05) is 67.5 Å². The molecule has 1 atom stereocenters. The molecule has 2 N–H and O–H groups in total. The average molecular weight is 1000 g/mol. The van der Waals surface area contributed by atoms with Gasteiger partial charge in [-0.3, -0.25) is 14.4 Å². The molecule has 0 aliphatic heterocycles. The van der Waals surface area contributed by atoms with Crippen LogP contribution in [0.4, 0.5) is 17.1 Å². The van der Waals surface area contributed by atoms with Crippen molar-refractivity contribution in [3.63, 3.8) is 0 Å². The number of nitrogens with zero attached hydrogens (tertiary/aromatic N) is 2.